The van der Waals surface area contributed by atoms with E-state index in [1.807, 2.05) is 12.3 Å². The Balaban J connectivity index is 1.42. The standard InChI is InChI=1S/C20H23N5O3/c26-9-15-23-19(25-28-15)14-8-22-18-13(1-2-21-18)17(14)24-16-11-3-10-4-12(16)7-20(27,5-10)6-11/h1-2,8,10-12,16,26-27H,3-7,9H2,(H2,21,22,24)/t10?,11-,12+,16+,20-. The first-order valence-electron chi connectivity index (χ1n) is 10.0. The van der Waals surface area contributed by atoms with Crippen LogP contribution in [0, 0.1) is 17.8 Å². The third kappa shape index (κ3) is 2.41. The number of pyridine rings is 1. The number of hydrogen-bond donors (Lipinski definition) is 4. The number of H-pyrrole nitrogens is 1. The maximum Gasteiger partial charge on any atom is 0.252 e. The molecule has 4 saturated carbocycles. The maximum absolute atomic E-state index is 10.9. The molecule has 8 nitrogen and oxygen atoms in total. The topological polar surface area (TPSA) is 120 Å². The highest BCUT2D eigenvalue weighted by atomic mass is 16.5. The minimum atomic E-state index is -0.456. The molecule has 8 heteroatoms. The molecule has 4 bridgehead atoms. The Kier molecular flexibility index (Phi) is 3.40. The van der Waals surface area contributed by atoms with Crippen molar-refractivity contribution >= 4 is 16.7 Å². The Hall–Kier alpha value is -2.45. The van der Waals surface area contributed by atoms with E-state index in [4.69, 9.17) is 4.52 Å². The van der Waals surface area contributed by atoms with E-state index in [1.165, 1.54) is 12.8 Å². The molecule has 7 rings (SSSR count). The average molecular weight is 381 g/mol. The van der Waals surface area contributed by atoms with E-state index in [1.54, 1.807) is 6.20 Å². The molecule has 3 aromatic rings. The summed E-state index contributed by atoms with van der Waals surface area (Å²) in [5, 5.41) is 29.0. The Labute approximate surface area is 161 Å². The molecular weight excluding hydrogens is 358 g/mol. The Morgan fingerprint density at radius 3 is 2.79 bits per heavy atom. The number of aromatic nitrogens is 4. The predicted molar refractivity (Wildman–Crippen MR) is 101 cm³/mol. The van der Waals surface area contributed by atoms with E-state index in [-0.39, 0.29) is 12.5 Å². The summed E-state index contributed by atoms with van der Waals surface area (Å²) in [5.74, 6) is 2.22. The van der Waals surface area contributed by atoms with Crippen LogP contribution in [0.1, 0.15) is 38.0 Å². The maximum atomic E-state index is 10.9. The molecule has 0 radical (unpaired) electrons. The van der Waals surface area contributed by atoms with Gasteiger partial charge in [0, 0.05) is 23.8 Å². The van der Waals surface area contributed by atoms with Gasteiger partial charge in [-0.3, -0.25) is 0 Å². The first-order valence-corrected chi connectivity index (χ1v) is 10.0. The fourth-order valence-electron chi connectivity index (χ4n) is 6.15. The first kappa shape index (κ1) is 16.5. The van der Waals surface area contributed by atoms with Crippen LogP contribution in [0.15, 0.2) is 23.0 Å². The van der Waals surface area contributed by atoms with Gasteiger partial charge in [0.15, 0.2) is 0 Å². The molecule has 0 saturated heterocycles. The summed E-state index contributed by atoms with van der Waals surface area (Å²) in [6.07, 6.45) is 8.73. The van der Waals surface area contributed by atoms with Gasteiger partial charge >= 0.3 is 0 Å². The van der Waals surface area contributed by atoms with Crippen LogP contribution in [0.3, 0.4) is 0 Å². The van der Waals surface area contributed by atoms with E-state index >= 15 is 0 Å². The molecule has 4 aliphatic carbocycles. The van der Waals surface area contributed by atoms with Crippen molar-refractivity contribution in [3.05, 3.63) is 24.4 Å². The molecule has 0 aliphatic heterocycles. The molecule has 1 unspecified atom stereocenters. The third-order valence-electron chi connectivity index (χ3n) is 6.98. The highest BCUT2D eigenvalue weighted by Gasteiger charge is 2.54. The minimum Gasteiger partial charge on any atom is -0.390 e. The largest absolute Gasteiger partial charge is 0.390 e. The SMILES string of the molecule is OCc1nc(-c2cnc3[nH]ccc3c2N[C@H]2[C@@H]3CC4C[C@H]2C[C@@](O)(C4)C3)no1. The lowest BCUT2D eigenvalue weighted by molar-refractivity contribution is -0.129. The smallest absolute Gasteiger partial charge is 0.252 e. The molecule has 5 atom stereocenters. The van der Waals surface area contributed by atoms with Crippen LogP contribution in [-0.2, 0) is 6.61 Å². The van der Waals surface area contributed by atoms with Crippen molar-refractivity contribution in [1.82, 2.24) is 20.1 Å². The lowest BCUT2D eigenvalue weighted by atomic mass is 9.52. The lowest BCUT2D eigenvalue weighted by Gasteiger charge is -2.58. The van der Waals surface area contributed by atoms with Gasteiger partial charge in [0.1, 0.15) is 12.3 Å². The number of fused-ring (bicyclic) bond motifs is 1. The van der Waals surface area contributed by atoms with Crippen molar-refractivity contribution in [2.75, 3.05) is 5.32 Å². The molecule has 4 aliphatic rings. The first-order chi connectivity index (χ1) is 13.6. The van der Waals surface area contributed by atoms with Crippen LogP contribution in [-0.4, -0.2) is 42.0 Å². The van der Waals surface area contributed by atoms with Gasteiger partial charge in [-0.15, -0.1) is 0 Å². The van der Waals surface area contributed by atoms with Crippen LogP contribution in [0.4, 0.5) is 5.69 Å². The van der Waals surface area contributed by atoms with Gasteiger partial charge in [-0.05, 0) is 55.9 Å². The van der Waals surface area contributed by atoms with Crippen LogP contribution in [0.5, 0.6) is 0 Å². The normalized spacial score (nSPS) is 33.6. The summed E-state index contributed by atoms with van der Waals surface area (Å²) >= 11 is 0. The summed E-state index contributed by atoms with van der Waals surface area (Å²) in [7, 11) is 0. The summed E-state index contributed by atoms with van der Waals surface area (Å²) in [4.78, 5) is 11.9. The van der Waals surface area contributed by atoms with Crippen molar-refractivity contribution in [3.63, 3.8) is 0 Å². The quantitative estimate of drug-likeness (QED) is 0.548. The zero-order chi connectivity index (χ0) is 18.9. The van der Waals surface area contributed by atoms with Crippen molar-refractivity contribution in [2.24, 2.45) is 17.8 Å². The van der Waals surface area contributed by atoms with Crippen molar-refractivity contribution < 1.29 is 14.7 Å². The molecule has 0 aromatic carbocycles. The zero-order valence-electron chi connectivity index (χ0n) is 15.4. The van der Waals surface area contributed by atoms with Crippen LogP contribution in [0.25, 0.3) is 22.4 Å². The lowest BCUT2D eigenvalue weighted by Crippen LogP contribution is -2.59. The van der Waals surface area contributed by atoms with Crippen LogP contribution < -0.4 is 5.32 Å². The summed E-state index contributed by atoms with van der Waals surface area (Å²) < 4.78 is 5.11. The van der Waals surface area contributed by atoms with Gasteiger partial charge < -0.3 is 25.0 Å². The number of aromatic amines is 1. The second-order valence-corrected chi connectivity index (χ2v) is 8.82. The molecule has 4 N–H and O–H groups in total. The molecule has 3 heterocycles. The molecular formula is C20H23N5O3. The summed E-state index contributed by atoms with van der Waals surface area (Å²) in [5.41, 5.74) is 2.06. The Morgan fingerprint density at radius 2 is 2.07 bits per heavy atom. The van der Waals surface area contributed by atoms with E-state index in [9.17, 15) is 10.2 Å². The van der Waals surface area contributed by atoms with Gasteiger partial charge in [-0.2, -0.15) is 4.98 Å². The average Bonchev–Trinajstić information content (AvgIpc) is 3.32. The van der Waals surface area contributed by atoms with Crippen molar-refractivity contribution in [2.45, 2.75) is 50.4 Å². The molecule has 0 amide bonds. The van der Waals surface area contributed by atoms with E-state index in [2.05, 4.69) is 25.4 Å². The number of nitrogens with zero attached hydrogens (tertiary/aromatic N) is 3. The second-order valence-electron chi connectivity index (χ2n) is 8.82. The van der Waals surface area contributed by atoms with Crippen LogP contribution in [0.2, 0.25) is 0 Å². The molecule has 3 aromatic heterocycles. The van der Waals surface area contributed by atoms with E-state index < -0.39 is 5.60 Å². The number of aliphatic hydroxyl groups is 2. The minimum absolute atomic E-state index is 0.187. The van der Waals surface area contributed by atoms with Gasteiger partial charge in [0.05, 0.1) is 16.9 Å². The number of aliphatic hydroxyl groups excluding tert-OH is 1. The Morgan fingerprint density at radius 1 is 1.25 bits per heavy atom. The number of rotatable bonds is 4. The summed E-state index contributed by atoms with van der Waals surface area (Å²) in [6, 6.07) is 2.32. The number of nitrogens with one attached hydrogen (secondary N) is 2. The van der Waals surface area contributed by atoms with Gasteiger partial charge in [-0.25, -0.2) is 4.98 Å². The van der Waals surface area contributed by atoms with Gasteiger partial charge in [-0.1, -0.05) is 5.16 Å². The monoisotopic (exact) mass is 381 g/mol. The highest BCUT2D eigenvalue weighted by Crippen LogP contribution is 2.56. The molecule has 146 valence electrons. The van der Waals surface area contributed by atoms with E-state index in [0.717, 1.165) is 41.5 Å². The molecule has 4 fully saturated rings. The second kappa shape index (κ2) is 5.78. The van der Waals surface area contributed by atoms with Gasteiger partial charge in [0.25, 0.3) is 5.89 Å². The molecule has 28 heavy (non-hydrogen) atoms. The van der Waals surface area contributed by atoms with Crippen molar-refractivity contribution in [3.8, 4) is 11.4 Å². The fraction of sp³-hybridized carbons (Fsp3) is 0.550. The van der Waals surface area contributed by atoms with Crippen LogP contribution >= 0.6 is 0 Å². The van der Waals surface area contributed by atoms with Gasteiger partial charge in [0.2, 0.25) is 5.82 Å². The zero-order valence-corrected chi connectivity index (χ0v) is 15.4. The third-order valence-corrected chi connectivity index (χ3v) is 6.98. The van der Waals surface area contributed by atoms with E-state index in [0.29, 0.717) is 29.6 Å². The number of hydrogen-bond acceptors (Lipinski definition) is 7. The predicted octanol–water partition coefficient (Wildman–Crippen LogP) is 2.46. The number of anilines is 1. The fourth-order valence-corrected chi connectivity index (χ4v) is 6.15. The molecule has 0 spiro atoms. The van der Waals surface area contributed by atoms with Crippen molar-refractivity contribution in [1.29, 1.82) is 0 Å². The Bertz CT molecular complexity index is 1030. The highest BCUT2D eigenvalue weighted by molar-refractivity contribution is 5.97. The summed E-state index contributed by atoms with van der Waals surface area (Å²) in [6.45, 7) is -0.289.